The minimum atomic E-state index is 0.629. The maximum Gasteiger partial charge on any atom is 0.164 e. The van der Waals surface area contributed by atoms with Crippen molar-refractivity contribution in [2.24, 2.45) is 0 Å². The van der Waals surface area contributed by atoms with Crippen molar-refractivity contribution in [2.45, 2.75) is 0 Å². The van der Waals surface area contributed by atoms with E-state index in [2.05, 4.69) is 212 Å². The second-order valence-electron chi connectivity index (χ2n) is 14.8. The largest absolute Gasteiger partial charge is 0.208 e. The molecule has 0 bridgehead atoms. The monoisotopic (exact) mass is 737 g/mol. The molecule has 1 heterocycles. The van der Waals surface area contributed by atoms with Gasteiger partial charge >= 0.3 is 0 Å². The highest BCUT2D eigenvalue weighted by Crippen LogP contribution is 2.37. The number of hydrogen-bond donors (Lipinski definition) is 0. The highest BCUT2D eigenvalue weighted by molar-refractivity contribution is 6.01. The molecule has 0 aliphatic heterocycles. The van der Waals surface area contributed by atoms with E-state index < -0.39 is 0 Å². The third kappa shape index (κ3) is 6.07. The molecule has 10 aromatic carbocycles. The predicted octanol–water partition coefficient (Wildman–Crippen LogP) is 14.5. The highest BCUT2D eigenvalue weighted by Gasteiger charge is 2.18. The van der Waals surface area contributed by atoms with Gasteiger partial charge in [-0.2, -0.15) is 0 Å². The van der Waals surface area contributed by atoms with Crippen molar-refractivity contribution < 1.29 is 0 Å². The zero-order valence-corrected chi connectivity index (χ0v) is 31.5. The average Bonchev–Trinajstić information content (AvgIpc) is 3.30. The van der Waals surface area contributed by atoms with Gasteiger partial charge in [-0.1, -0.05) is 182 Å². The van der Waals surface area contributed by atoms with Crippen molar-refractivity contribution in [3.8, 4) is 67.5 Å². The van der Waals surface area contributed by atoms with E-state index in [1.54, 1.807) is 0 Å². The summed E-state index contributed by atoms with van der Waals surface area (Å²) >= 11 is 0. The lowest BCUT2D eigenvalue weighted by atomic mass is 9.94. The first-order valence-electron chi connectivity index (χ1n) is 19.7. The van der Waals surface area contributed by atoms with Crippen molar-refractivity contribution in [1.29, 1.82) is 0 Å². The summed E-state index contributed by atoms with van der Waals surface area (Å²) in [6.07, 6.45) is 0. The Bertz CT molecular complexity index is 3340. The van der Waals surface area contributed by atoms with Crippen LogP contribution < -0.4 is 0 Å². The molecule has 0 spiro atoms. The molecule has 58 heavy (non-hydrogen) atoms. The molecule has 0 fully saturated rings. The van der Waals surface area contributed by atoms with Gasteiger partial charge in [-0.15, -0.1) is 0 Å². The average molecular weight is 738 g/mol. The van der Waals surface area contributed by atoms with Crippen LogP contribution in [0.1, 0.15) is 0 Å². The van der Waals surface area contributed by atoms with Crippen molar-refractivity contribution >= 4 is 43.1 Å². The van der Waals surface area contributed by atoms with Crippen molar-refractivity contribution in [2.75, 3.05) is 0 Å². The van der Waals surface area contributed by atoms with Gasteiger partial charge < -0.3 is 0 Å². The van der Waals surface area contributed by atoms with E-state index in [0.29, 0.717) is 17.5 Å². The lowest BCUT2D eigenvalue weighted by molar-refractivity contribution is 1.08. The standard InChI is InChI=1S/C55H35N3/c1-2-13-36(14-3-1)46-34-43-17-6-9-24-50(43)52(35-46)55-57-53(56-54(58-55)51-26-12-19-38-16-5-8-23-48(38)51)45-21-10-20-39(33-45)40-27-28-42-32-44(30-29-41(42)31-40)49-25-11-18-37-15-4-7-22-47(37)49/h1-35H. The third-order valence-corrected chi connectivity index (χ3v) is 11.3. The molecule has 0 radical (unpaired) electrons. The third-order valence-electron chi connectivity index (χ3n) is 11.3. The number of nitrogens with zero attached hydrogens (tertiary/aromatic N) is 3. The smallest absolute Gasteiger partial charge is 0.164 e. The molecule has 0 atom stereocenters. The summed E-state index contributed by atoms with van der Waals surface area (Å²) in [6, 6.07) is 75.4. The van der Waals surface area contributed by atoms with Crippen molar-refractivity contribution in [1.82, 2.24) is 15.0 Å². The van der Waals surface area contributed by atoms with Crippen molar-refractivity contribution in [3.05, 3.63) is 212 Å². The van der Waals surface area contributed by atoms with Crippen LogP contribution in [0, 0.1) is 0 Å². The topological polar surface area (TPSA) is 38.7 Å². The van der Waals surface area contributed by atoms with Gasteiger partial charge in [0.1, 0.15) is 0 Å². The van der Waals surface area contributed by atoms with E-state index in [1.807, 2.05) is 0 Å². The Balaban J connectivity index is 1.05. The van der Waals surface area contributed by atoms with Gasteiger partial charge in [-0.25, -0.2) is 15.0 Å². The molecule has 0 amide bonds. The maximum absolute atomic E-state index is 5.29. The summed E-state index contributed by atoms with van der Waals surface area (Å²) in [5.74, 6) is 1.91. The first-order chi connectivity index (χ1) is 28.7. The van der Waals surface area contributed by atoms with Crippen LogP contribution in [0.4, 0.5) is 0 Å². The molecule has 0 N–H and O–H groups in total. The van der Waals surface area contributed by atoms with Gasteiger partial charge in [-0.3, -0.25) is 0 Å². The molecular formula is C55H35N3. The summed E-state index contributed by atoms with van der Waals surface area (Å²) in [7, 11) is 0. The van der Waals surface area contributed by atoms with E-state index >= 15 is 0 Å². The Hall–Kier alpha value is -7.75. The Morgan fingerprint density at radius 2 is 0.672 bits per heavy atom. The lowest BCUT2D eigenvalue weighted by Gasteiger charge is -2.14. The Morgan fingerprint density at radius 1 is 0.207 bits per heavy atom. The lowest BCUT2D eigenvalue weighted by Crippen LogP contribution is -2.01. The van der Waals surface area contributed by atoms with Crippen LogP contribution in [-0.2, 0) is 0 Å². The number of fused-ring (bicyclic) bond motifs is 4. The van der Waals surface area contributed by atoms with Crippen LogP contribution in [0.5, 0.6) is 0 Å². The summed E-state index contributed by atoms with van der Waals surface area (Å²) in [4.78, 5) is 15.8. The fourth-order valence-corrected chi connectivity index (χ4v) is 8.37. The first-order valence-corrected chi connectivity index (χ1v) is 19.7. The molecule has 0 saturated heterocycles. The molecule has 3 nitrogen and oxygen atoms in total. The number of rotatable bonds is 6. The fourth-order valence-electron chi connectivity index (χ4n) is 8.37. The van der Waals surface area contributed by atoms with Crippen molar-refractivity contribution in [3.63, 3.8) is 0 Å². The van der Waals surface area contributed by atoms with Crippen LogP contribution in [0.2, 0.25) is 0 Å². The molecule has 11 aromatic rings. The highest BCUT2D eigenvalue weighted by atomic mass is 15.0. The van der Waals surface area contributed by atoms with Crippen LogP contribution in [0.25, 0.3) is 111 Å². The van der Waals surface area contributed by atoms with Crippen LogP contribution in [-0.4, -0.2) is 15.0 Å². The van der Waals surface area contributed by atoms with Gasteiger partial charge in [0.05, 0.1) is 0 Å². The maximum atomic E-state index is 5.29. The quantitative estimate of drug-likeness (QED) is 0.171. The molecule has 3 heteroatoms. The Kier molecular flexibility index (Phi) is 8.15. The molecule has 0 aliphatic carbocycles. The number of aromatic nitrogens is 3. The van der Waals surface area contributed by atoms with Gasteiger partial charge in [0.2, 0.25) is 0 Å². The predicted molar refractivity (Wildman–Crippen MR) is 242 cm³/mol. The summed E-state index contributed by atoms with van der Waals surface area (Å²) in [5.41, 5.74) is 9.83. The normalized spacial score (nSPS) is 11.4. The Morgan fingerprint density at radius 3 is 1.41 bits per heavy atom. The van der Waals surface area contributed by atoms with Gasteiger partial charge in [0, 0.05) is 16.7 Å². The van der Waals surface area contributed by atoms with Crippen LogP contribution in [0.15, 0.2) is 212 Å². The molecular weight excluding hydrogens is 703 g/mol. The van der Waals surface area contributed by atoms with Gasteiger partial charge in [0.15, 0.2) is 17.5 Å². The Labute approximate surface area is 336 Å². The van der Waals surface area contributed by atoms with Gasteiger partial charge in [-0.05, 0) is 107 Å². The second-order valence-corrected chi connectivity index (χ2v) is 14.8. The SMILES string of the molecule is c1ccc(-c2cc(-c3nc(-c4cccc(-c5ccc6cc(-c7cccc8ccccc78)ccc6c5)c4)nc(-c4cccc5ccccc45)n3)c3ccccc3c2)cc1. The molecule has 0 unspecified atom stereocenters. The first kappa shape index (κ1) is 33.6. The van der Waals surface area contributed by atoms with Gasteiger partial charge in [0.25, 0.3) is 0 Å². The van der Waals surface area contributed by atoms with Crippen LogP contribution >= 0.6 is 0 Å². The molecule has 1 aromatic heterocycles. The summed E-state index contributed by atoms with van der Waals surface area (Å²) < 4.78 is 0. The summed E-state index contributed by atoms with van der Waals surface area (Å²) in [6.45, 7) is 0. The number of benzene rings is 10. The minimum Gasteiger partial charge on any atom is -0.208 e. The van der Waals surface area contributed by atoms with E-state index in [0.717, 1.165) is 60.5 Å². The number of hydrogen-bond acceptors (Lipinski definition) is 3. The van der Waals surface area contributed by atoms with Crippen LogP contribution in [0.3, 0.4) is 0 Å². The van der Waals surface area contributed by atoms with E-state index in [-0.39, 0.29) is 0 Å². The molecule has 0 aliphatic rings. The van der Waals surface area contributed by atoms with E-state index in [9.17, 15) is 0 Å². The zero-order chi connectivity index (χ0) is 38.4. The molecule has 0 saturated carbocycles. The minimum absolute atomic E-state index is 0.629. The zero-order valence-electron chi connectivity index (χ0n) is 31.5. The van der Waals surface area contributed by atoms with E-state index in [1.165, 1.54) is 32.7 Å². The second kappa shape index (κ2) is 14.1. The fraction of sp³-hybridized carbons (Fsp3) is 0. The molecule has 270 valence electrons. The van der Waals surface area contributed by atoms with E-state index in [4.69, 9.17) is 15.0 Å². The molecule has 11 rings (SSSR count). The summed E-state index contributed by atoms with van der Waals surface area (Å²) in [5, 5.41) is 9.38.